The first kappa shape index (κ1) is 15.0. The van der Waals surface area contributed by atoms with Crippen molar-refractivity contribution in [3.63, 3.8) is 0 Å². The van der Waals surface area contributed by atoms with Gasteiger partial charge in [0.15, 0.2) is 0 Å². The fourth-order valence-corrected chi connectivity index (χ4v) is 3.85. The molecule has 0 unspecified atom stereocenters. The fourth-order valence-electron chi connectivity index (χ4n) is 3.85. The molecule has 2 fully saturated rings. The van der Waals surface area contributed by atoms with E-state index in [0.717, 1.165) is 55.1 Å². The molecular weight excluding hydrogens is 316 g/mol. The molecule has 7 nitrogen and oxygen atoms in total. The lowest BCUT2D eigenvalue weighted by molar-refractivity contribution is 0.0557. The predicted molar refractivity (Wildman–Crippen MR) is 93.4 cm³/mol. The first-order valence-corrected chi connectivity index (χ1v) is 9.02. The van der Waals surface area contributed by atoms with Crippen molar-refractivity contribution in [3.8, 4) is 0 Å². The van der Waals surface area contributed by atoms with Gasteiger partial charge in [-0.2, -0.15) is 0 Å². The molecular formula is C18H22N6O. The summed E-state index contributed by atoms with van der Waals surface area (Å²) in [6.07, 6.45) is 9.16. The minimum absolute atomic E-state index is 0.0915. The third-order valence-corrected chi connectivity index (χ3v) is 5.44. The predicted octanol–water partition coefficient (Wildman–Crippen LogP) is 1.77. The van der Waals surface area contributed by atoms with E-state index in [0.29, 0.717) is 13.2 Å². The van der Waals surface area contributed by atoms with Gasteiger partial charge in [-0.3, -0.25) is 0 Å². The zero-order chi connectivity index (χ0) is 16.7. The van der Waals surface area contributed by atoms with Crippen LogP contribution in [0.2, 0.25) is 0 Å². The molecule has 1 atom stereocenters. The molecule has 25 heavy (non-hydrogen) atoms. The van der Waals surface area contributed by atoms with Gasteiger partial charge in [-0.25, -0.2) is 19.9 Å². The van der Waals surface area contributed by atoms with Gasteiger partial charge in [-0.05, 0) is 31.2 Å². The Kier molecular flexibility index (Phi) is 3.55. The number of fused-ring (bicyclic) bond motifs is 2. The van der Waals surface area contributed by atoms with E-state index in [2.05, 4.69) is 25.2 Å². The Morgan fingerprint density at radius 1 is 1.24 bits per heavy atom. The van der Waals surface area contributed by atoms with Crippen LogP contribution in [0.15, 0.2) is 24.7 Å². The van der Waals surface area contributed by atoms with Crippen LogP contribution >= 0.6 is 0 Å². The summed E-state index contributed by atoms with van der Waals surface area (Å²) in [6, 6.07) is 1.85. The summed E-state index contributed by atoms with van der Waals surface area (Å²) in [7, 11) is 0. The highest BCUT2D eigenvalue weighted by atomic mass is 16.5. The minimum atomic E-state index is -0.0915. The fraction of sp³-hybridized carbons (Fsp3) is 0.556. The molecule has 2 aromatic heterocycles. The van der Waals surface area contributed by atoms with Crippen LogP contribution in [0.4, 0.5) is 11.9 Å². The van der Waals surface area contributed by atoms with Crippen LogP contribution in [0.3, 0.4) is 0 Å². The Morgan fingerprint density at radius 2 is 2.12 bits per heavy atom. The molecule has 2 aliphatic heterocycles. The van der Waals surface area contributed by atoms with Crippen LogP contribution in [0, 0.1) is 5.92 Å². The molecule has 1 saturated carbocycles. The van der Waals surface area contributed by atoms with Gasteiger partial charge in [0.1, 0.15) is 0 Å². The zero-order valence-corrected chi connectivity index (χ0v) is 14.2. The van der Waals surface area contributed by atoms with Crippen molar-refractivity contribution in [2.75, 3.05) is 36.5 Å². The van der Waals surface area contributed by atoms with Crippen molar-refractivity contribution in [2.45, 2.75) is 31.3 Å². The molecule has 3 aliphatic rings. The average molecular weight is 338 g/mol. The first-order valence-electron chi connectivity index (χ1n) is 9.02. The lowest BCUT2D eigenvalue weighted by Gasteiger charge is -2.34. The van der Waals surface area contributed by atoms with Crippen LogP contribution in [0.25, 0.3) is 0 Å². The van der Waals surface area contributed by atoms with E-state index < -0.39 is 0 Å². The molecule has 0 amide bonds. The van der Waals surface area contributed by atoms with Gasteiger partial charge in [0, 0.05) is 43.8 Å². The number of hydrogen-bond acceptors (Lipinski definition) is 7. The number of hydrogen-bond donors (Lipinski definition) is 1. The number of anilines is 2. The molecule has 1 aliphatic carbocycles. The molecule has 7 heteroatoms. The maximum atomic E-state index is 5.90. The second-order valence-corrected chi connectivity index (χ2v) is 7.39. The van der Waals surface area contributed by atoms with Crippen LogP contribution in [0.5, 0.6) is 0 Å². The normalized spacial score (nSPS) is 25.2. The Hall–Kier alpha value is -2.28. The number of nitrogens with zero attached hydrogens (tertiary/aromatic N) is 5. The quantitative estimate of drug-likeness (QED) is 0.910. The molecule has 1 spiro atoms. The van der Waals surface area contributed by atoms with Gasteiger partial charge in [0.05, 0.1) is 24.3 Å². The Bertz CT molecular complexity index is 765. The standard InChI is InChI=1S/C18H22N6O/c1-5-19-17(20-6-1)24-7-4-18(11-24)12-25-10-14-9-22-16(23-15(14)18)21-8-13-2-3-13/h1,5-6,9,13H,2-4,7-8,10-12H2,(H,21,22,23)/t18-/m1/s1. The van der Waals surface area contributed by atoms with Crippen LogP contribution in [0.1, 0.15) is 30.5 Å². The van der Waals surface area contributed by atoms with E-state index in [-0.39, 0.29) is 5.41 Å². The van der Waals surface area contributed by atoms with Gasteiger partial charge < -0.3 is 15.0 Å². The summed E-state index contributed by atoms with van der Waals surface area (Å²) in [5.74, 6) is 2.34. The number of nitrogens with one attached hydrogen (secondary N) is 1. The summed E-state index contributed by atoms with van der Waals surface area (Å²) in [6.45, 7) is 4.03. The van der Waals surface area contributed by atoms with Crippen molar-refractivity contribution >= 4 is 11.9 Å². The highest BCUT2D eigenvalue weighted by Crippen LogP contribution is 2.40. The van der Waals surface area contributed by atoms with Crippen molar-refractivity contribution in [3.05, 3.63) is 35.9 Å². The SMILES string of the molecule is c1cnc(N2CC[C@]3(COCc4cnc(NCC5CC5)nc43)C2)nc1. The van der Waals surface area contributed by atoms with E-state index >= 15 is 0 Å². The van der Waals surface area contributed by atoms with Gasteiger partial charge in [-0.15, -0.1) is 0 Å². The number of rotatable bonds is 4. The zero-order valence-electron chi connectivity index (χ0n) is 14.2. The maximum absolute atomic E-state index is 5.90. The highest BCUT2D eigenvalue weighted by molar-refractivity contribution is 5.42. The lowest BCUT2D eigenvalue weighted by atomic mass is 9.81. The summed E-state index contributed by atoms with van der Waals surface area (Å²) >= 11 is 0. The maximum Gasteiger partial charge on any atom is 0.225 e. The molecule has 5 rings (SSSR count). The summed E-state index contributed by atoms with van der Waals surface area (Å²) in [5, 5.41) is 3.40. The topological polar surface area (TPSA) is 76.1 Å². The van der Waals surface area contributed by atoms with E-state index in [4.69, 9.17) is 9.72 Å². The van der Waals surface area contributed by atoms with Gasteiger partial charge in [0.2, 0.25) is 11.9 Å². The summed E-state index contributed by atoms with van der Waals surface area (Å²) < 4.78 is 5.90. The monoisotopic (exact) mass is 338 g/mol. The van der Waals surface area contributed by atoms with Gasteiger partial charge in [-0.1, -0.05) is 0 Å². The average Bonchev–Trinajstić information content (AvgIpc) is 3.40. The molecule has 2 aromatic rings. The van der Waals surface area contributed by atoms with E-state index in [1.54, 1.807) is 12.4 Å². The van der Waals surface area contributed by atoms with Crippen LogP contribution in [-0.4, -0.2) is 46.2 Å². The molecule has 0 aromatic carbocycles. The Balaban J connectivity index is 1.42. The van der Waals surface area contributed by atoms with E-state index in [9.17, 15) is 0 Å². The van der Waals surface area contributed by atoms with Gasteiger partial charge in [0.25, 0.3) is 0 Å². The molecule has 0 bridgehead atoms. The summed E-state index contributed by atoms with van der Waals surface area (Å²) in [4.78, 5) is 20.4. The molecule has 1 N–H and O–H groups in total. The number of ether oxygens (including phenoxy) is 1. The van der Waals surface area contributed by atoms with E-state index in [1.807, 2.05) is 12.3 Å². The lowest BCUT2D eigenvalue weighted by Crippen LogP contribution is -2.41. The van der Waals surface area contributed by atoms with Gasteiger partial charge >= 0.3 is 0 Å². The Morgan fingerprint density at radius 3 is 2.96 bits per heavy atom. The first-order chi connectivity index (χ1) is 12.3. The molecule has 4 heterocycles. The van der Waals surface area contributed by atoms with Crippen molar-refractivity contribution in [1.29, 1.82) is 0 Å². The largest absolute Gasteiger partial charge is 0.376 e. The summed E-state index contributed by atoms with van der Waals surface area (Å²) in [5.41, 5.74) is 2.16. The number of aromatic nitrogens is 4. The molecule has 130 valence electrons. The van der Waals surface area contributed by atoms with Crippen molar-refractivity contribution in [2.24, 2.45) is 5.92 Å². The van der Waals surface area contributed by atoms with Crippen LogP contribution in [-0.2, 0) is 16.8 Å². The van der Waals surface area contributed by atoms with Crippen molar-refractivity contribution < 1.29 is 4.74 Å². The molecule has 0 radical (unpaired) electrons. The second-order valence-electron chi connectivity index (χ2n) is 7.39. The third-order valence-electron chi connectivity index (χ3n) is 5.44. The Labute approximate surface area is 146 Å². The highest BCUT2D eigenvalue weighted by Gasteiger charge is 2.45. The van der Waals surface area contributed by atoms with E-state index in [1.165, 1.54) is 12.8 Å². The smallest absolute Gasteiger partial charge is 0.225 e. The third kappa shape index (κ3) is 2.82. The van der Waals surface area contributed by atoms with Crippen molar-refractivity contribution in [1.82, 2.24) is 19.9 Å². The van der Waals surface area contributed by atoms with Crippen LogP contribution < -0.4 is 10.2 Å². The second kappa shape index (κ2) is 5.91. The minimum Gasteiger partial charge on any atom is -0.376 e. The molecule has 1 saturated heterocycles.